The first-order valence-electron chi connectivity index (χ1n) is 9.74. The van der Waals surface area contributed by atoms with E-state index in [9.17, 15) is 9.50 Å². The molecule has 1 atom stereocenters. The van der Waals surface area contributed by atoms with Crippen molar-refractivity contribution in [3.05, 3.63) is 34.6 Å². The number of halogens is 1. The highest BCUT2D eigenvalue weighted by atomic mass is 19.1. The number of phenols is 1. The van der Waals surface area contributed by atoms with Crippen molar-refractivity contribution < 1.29 is 23.7 Å². The Kier molecular flexibility index (Phi) is 7.00. The maximum atomic E-state index is 14.3. The maximum absolute atomic E-state index is 14.3. The minimum Gasteiger partial charge on any atom is -0.507 e. The number of hydrogen-bond acceptors (Lipinski definition) is 7. The fourth-order valence-corrected chi connectivity index (χ4v) is 3.49. The molecule has 0 unspecified atom stereocenters. The Hall–Kier alpha value is -2.29. The van der Waals surface area contributed by atoms with Gasteiger partial charge in [-0.3, -0.25) is 0 Å². The summed E-state index contributed by atoms with van der Waals surface area (Å²) >= 11 is 0. The van der Waals surface area contributed by atoms with E-state index in [1.165, 1.54) is 31.4 Å². The number of aromatic hydroxyl groups is 1. The van der Waals surface area contributed by atoms with Crippen LogP contribution in [0.2, 0.25) is 0 Å². The van der Waals surface area contributed by atoms with E-state index in [1.54, 1.807) is 21.1 Å². The van der Waals surface area contributed by atoms with Gasteiger partial charge in [0.2, 0.25) is 0 Å². The average Bonchev–Trinajstić information content (AvgIpc) is 3.05. The van der Waals surface area contributed by atoms with Gasteiger partial charge in [0.25, 0.3) is 0 Å². The van der Waals surface area contributed by atoms with Crippen LogP contribution in [-0.4, -0.2) is 42.2 Å². The van der Waals surface area contributed by atoms with Crippen molar-refractivity contribution in [2.45, 2.75) is 51.4 Å². The second-order valence-corrected chi connectivity index (χ2v) is 7.34. The molecule has 4 rings (SSSR count). The van der Waals surface area contributed by atoms with E-state index < -0.39 is 5.82 Å². The summed E-state index contributed by atoms with van der Waals surface area (Å²) in [6.07, 6.45) is 4.91. The number of hydrogen-bond donors (Lipinski definition) is 2. The van der Waals surface area contributed by atoms with Gasteiger partial charge in [-0.2, -0.15) is 0 Å². The van der Waals surface area contributed by atoms with Crippen molar-refractivity contribution in [3.63, 3.8) is 0 Å². The van der Waals surface area contributed by atoms with Gasteiger partial charge in [-0.05, 0) is 43.9 Å². The van der Waals surface area contributed by atoms with Gasteiger partial charge in [0.15, 0.2) is 5.82 Å². The second kappa shape index (κ2) is 9.47. The van der Waals surface area contributed by atoms with Gasteiger partial charge in [0.1, 0.15) is 17.3 Å². The molecule has 158 valence electrons. The van der Waals surface area contributed by atoms with Gasteiger partial charge in [-0.25, -0.2) is 4.39 Å². The summed E-state index contributed by atoms with van der Waals surface area (Å²) < 4.78 is 30.1. The van der Waals surface area contributed by atoms with Crippen LogP contribution in [0.5, 0.6) is 5.75 Å². The predicted molar refractivity (Wildman–Crippen MR) is 107 cm³/mol. The molecule has 1 aliphatic carbocycles. The lowest BCUT2D eigenvalue weighted by atomic mass is 9.96. The zero-order chi connectivity index (χ0) is 21.0. The number of nitrogen functional groups attached to an aromatic ring is 1. The number of benzene rings is 1. The molecule has 0 bridgehead atoms. The number of anilines is 1. The molecule has 1 saturated carbocycles. The van der Waals surface area contributed by atoms with Gasteiger partial charge < -0.3 is 25.1 Å². The Balaban J connectivity index is 0.000000343. The molecule has 0 amide bonds. The maximum Gasteiger partial charge on any atom is 0.152 e. The molecule has 1 aliphatic heterocycles. The molecule has 2 aliphatic rings. The SMILES string of the molecule is COC1CCC1.COCC[C@H]1OCc2c(-c3c(O)cc(C)cc3F)nnc(N)c21. The molecule has 1 aromatic heterocycles. The van der Waals surface area contributed by atoms with E-state index in [-0.39, 0.29) is 35.5 Å². The van der Waals surface area contributed by atoms with E-state index in [0.29, 0.717) is 35.8 Å². The Morgan fingerprint density at radius 2 is 2.03 bits per heavy atom. The Bertz CT molecular complexity index is 832. The van der Waals surface area contributed by atoms with Crippen molar-refractivity contribution in [2.75, 3.05) is 26.6 Å². The van der Waals surface area contributed by atoms with Crippen LogP contribution < -0.4 is 5.73 Å². The third-order valence-electron chi connectivity index (χ3n) is 5.32. The summed E-state index contributed by atoms with van der Waals surface area (Å²) in [6.45, 7) is 2.45. The molecule has 1 fully saturated rings. The average molecular weight is 405 g/mol. The molecule has 1 aromatic carbocycles. The van der Waals surface area contributed by atoms with Crippen LogP contribution in [-0.2, 0) is 20.8 Å². The number of ether oxygens (including phenoxy) is 3. The fourth-order valence-electron chi connectivity index (χ4n) is 3.49. The summed E-state index contributed by atoms with van der Waals surface area (Å²) in [7, 11) is 3.39. The lowest BCUT2D eigenvalue weighted by Gasteiger charge is -2.22. The number of nitrogens with two attached hydrogens (primary N) is 1. The Morgan fingerprint density at radius 1 is 1.28 bits per heavy atom. The van der Waals surface area contributed by atoms with Gasteiger partial charge in [0.05, 0.1) is 24.4 Å². The van der Waals surface area contributed by atoms with Crippen LogP contribution in [0.3, 0.4) is 0 Å². The van der Waals surface area contributed by atoms with Crippen LogP contribution in [0.4, 0.5) is 10.2 Å². The van der Waals surface area contributed by atoms with Gasteiger partial charge in [-0.1, -0.05) is 0 Å². The Morgan fingerprint density at radius 3 is 2.59 bits per heavy atom. The standard InChI is InChI=1S/C16H18FN3O3.C5H10O/c1-8-5-10(17)14(11(21)6-8)15-9-7-23-12(3-4-22-2)13(9)16(18)20-19-15;1-6-5-3-2-4-5/h5-6,12,21H,3-4,7H2,1-2H3,(H2,18,20);5H,2-4H2,1H3/t12-;/m1./s1. The van der Waals surface area contributed by atoms with Gasteiger partial charge in [-0.15, -0.1) is 10.2 Å². The van der Waals surface area contributed by atoms with Crippen molar-refractivity contribution in [2.24, 2.45) is 0 Å². The molecular formula is C21H28FN3O4. The molecule has 2 heterocycles. The summed E-state index contributed by atoms with van der Waals surface area (Å²) in [5.74, 6) is -0.470. The van der Waals surface area contributed by atoms with Crippen molar-refractivity contribution in [1.29, 1.82) is 0 Å². The minimum atomic E-state index is -0.552. The van der Waals surface area contributed by atoms with Crippen LogP contribution in [0.15, 0.2) is 12.1 Å². The number of rotatable bonds is 5. The highest BCUT2D eigenvalue weighted by Gasteiger charge is 2.31. The lowest BCUT2D eigenvalue weighted by molar-refractivity contribution is 0.0401. The van der Waals surface area contributed by atoms with Gasteiger partial charge >= 0.3 is 0 Å². The normalized spacial score (nSPS) is 18.0. The first kappa shape index (κ1) is 21.4. The molecular weight excluding hydrogens is 377 g/mol. The van der Waals surface area contributed by atoms with E-state index >= 15 is 0 Å². The molecule has 0 spiro atoms. The summed E-state index contributed by atoms with van der Waals surface area (Å²) in [6, 6.07) is 2.83. The second-order valence-electron chi connectivity index (χ2n) is 7.34. The molecule has 29 heavy (non-hydrogen) atoms. The number of methoxy groups -OCH3 is 2. The fraction of sp³-hybridized carbons (Fsp3) is 0.524. The zero-order valence-corrected chi connectivity index (χ0v) is 17.1. The Labute approximate surface area is 170 Å². The third kappa shape index (κ3) is 4.66. The number of aryl methyl sites for hydroxylation is 1. The van der Waals surface area contributed by atoms with E-state index in [1.807, 2.05) is 0 Å². The monoisotopic (exact) mass is 405 g/mol. The van der Waals surface area contributed by atoms with E-state index in [0.717, 1.165) is 0 Å². The first-order chi connectivity index (χ1) is 14.0. The number of fused-ring (bicyclic) bond motifs is 1. The largest absolute Gasteiger partial charge is 0.507 e. The van der Waals surface area contributed by atoms with Crippen molar-refractivity contribution >= 4 is 5.82 Å². The van der Waals surface area contributed by atoms with E-state index in [2.05, 4.69) is 10.2 Å². The molecule has 0 radical (unpaired) electrons. The van der Waals surface area contributed by atoms with Crippen LogP contribution in [0, 0.1) is 12.7 Å². The molecule has 8 heteroatoms. The third-order valence-corrected chi connectivity index (χ3v) is 5.32. The van der Waals surface area contributed by atoms with Crippen molar-refractivity contribution in [3.8, 4) is 17.0 Å². The highest BCUT2D eigenvalue weighted by Crippen LogP contribution is 2.42. The topological polar surface area (TPSA) is 99.7 Å². The highest BCUT2D eigenvalue weighted by molar-refractivity contribution is 5.73. The smallest absolute Gasteiger partial charge is 0.152 e. The van der Waals surface area contributed by atoms with Crippen LogP contribution in [0.1, 0.15) is 48.5 Å². The minimum absolute atomic E-state index is 0.0235. The molecule has 0 saturated heterocycles. The summed E-state index contributed by atoms with van der Waals surface area (Å²) in [4.78, 5) is 0. The summed E-state index contributed by atoms with van der Waals surface area (Å²) in [5.41, 5.74) is 8.21. The van der Waals surface area contributed by atoms with Crippen molar-refractivity contribution in [1.82, 2.24) is 10.2 Å². The zero-order valence-electron chi connectivity index (χ0n) is 17.1. The number of phenolic OH excluding ortho intramolecular Hbond substituents is 1. The first-order valence-corrected chi connectivity index (χ1v) is 9.74. The molecule has 2 aromatic rings. The molecule has 7 nitrogen and oxygen atoms in total. The van der Waals surface area contributed by atoms with Gasteiger partial charge in [0, 0.05) is 38.4 Å². The van der Waals surface area contributed by atoms with Crippen LogP contribution in [0.25, 0.3) is 11.3 Å². The number of nitrogens with zero attached hydrogens (tertiary/aromatic N) is 2. The lowest BCUT2D eigenvalue weighted by Crippen LogP contribution is -2.18. The number of aromatic nitrogens is 2. The molecule has 3 N–H and O–H groups in total. The quantitative estimate of drug-likeness (QED) is 0.783. The van der Waals surface area contributed by atoms with Crippen LogP contribution >= 0.6 is 0 Å². The predicted octanol–water partition coefficient (Wildman–Crippen LogP) is 3.67. The summed E-state index contributed by atoms with van der Waals surface area (Å²) in [5, 5.41) is 18.1. The van der Waals surface area contributed by atoms with E-state index in [4.69, 9.17) is 19.9 Å².